The predicted molar refractivity (Wildman–Crippen MR) is 89.7 cm³/mol. The van der Waals surface area contributed by atoms with Crippen molar-refractivity contribution in [3.63, 3.8) is 0 Å². The Bertz CT molecular complexity index is 726. The first kappa shape index (κ1) is 17.1. The molecule has 0 saturated heterocycles. The van der Waals surface area contributed by atoms with Crippen LogP contribution in [0.4, 0.5) is 0 Å². The highest BCUT2D eigenvalue weighted by Gasteiger charge is 2.30. The van der Waals surface area contributed by atoms with Gasteiger partial charge in [0.05, 0.1) is 17.5 Å². The molecular formula is C17H20N2O3S. The van der Waals surface area contributed by atoms with Crippen LogP contribution in [0.25, 0.3) is 0 Å². The van der Waals surface area contributed by atoms with Crippen LogP contribution in [0.1, 0.15) is 46.9 Å². The second kappa shape index (κ2) is 6.91. The number of nitrogens with zero attached hydrogens (tertiary/aromatic N) is 1. The Kier molecular flexibility index (Phi) is 5.15. The molecule has 1 unspecified atom stereocenters. The van der Waals surface area contributed by atoms with Gasteiger partial charge in [0.15, 0.2) is 0 Å². The van der Waals surface area contributed by atoms with E-state index in [0.717, 1.165) is 10.7 Å². The Labute approximate surface area is 139 Å². The minimum atomic E-state index is -1.03. The summed E-state index contributed by atoms with van der Waals surface area (Å²) in [5, 5.41) is 15.0. The van der Waals surface area contributed by atoms with E-state index in [-0.39, 0.29) is 17.9 Å². The van der Waals surface area contributed by atoms with Gasteiger partial charge in [0, 0.05) is 11.1 Å². The number of hydrogen-bond acceptors (Lipinski definition) is 4. The van der Waals surface area contributed by atoms with E-state index >= 15 is 0 Å². The Morgan fingerprint density at radius 3 is 2.61 bits per heavy atom. The number of carbonyl (C=O) groups excluding carboxylic acids is 1. The lowest BCUT2D eigenvalue weighted by molar-refractivity contribution is -0.122. The molecule has 5 nitrogen and oxygen atoms in total. The van der Waals surface area contributed by atoms with Gasteiger partial charge in [-0.05, 0) is 31.9 Å². The first-order valence-electron chi connectivity index (χ1n) is 7.40. The lowest BCUT2D eigenvalue weighted by Crippen LogP contribution is -2.43. The van der Waals surface area contributed by atoms with E-state index in [2.05, 4.69) is 10.3 Å². The second-order valence-electron chi connectivity index (χ2n) is 5.67. The fourth-order valence-corrected chi connectivity index (χ4v) is 3.30. The summed E-state index contributed by atoms with van der Waals surface area (Å²) in [4.78, 5) is 28.1. The normalized spacial score (nSPS) is 13.3. The monoisotopic (exact) mass is 332 g/mol. The van der Waals surface area contributed by atoms with Crippen LogP contribution < -0.4 is 5.32 Å². The van der Waals surface area contributed by atoms with Crippen molar-refractivity contribution in [2.75, 3.05) is 0 Å². The number of amides is 1. The van der Waals surface area contributed by atoms with E-state index in [1.807, 2.05) is 26.2 Å². The minimum Gasteiger partial charge on any atom is -0.478 e. The summed E-state index contributed by atoms with van der Waals surface area (Å²) >= 11 is 1.52. The van der Waals surface area contributed by atoms with Crippen molar-refractivity contribution in [2.24, 2.45) is 0 Å². The van der Waals surface area contributed by atoms with Crippen molar-refractivity contribution in [3.8, 4) is 0 Å². The van der Waals surface area contributed by atoms with E-state index in [1.165, 1.54) is 17.4 Å². The van der Waals surface area contributed by atoms with Crippen LogP contribution in [0.5, 0.6) is 0 Å². The third kappa shape index (κ3) is 3.96. The molecule has 2 aromatic rings. The number of benzene rings is 1. The number of aromatic carboxylic acids is 1. The zero-order valence-corrected chi connectivity index (χ0v) is 14.2. The van der Waals surface area contributed by atoms with E-state index in [4.69, 9.17) is 0 Å². The molecular weight excluding hydrogens is 312 g/mol. The molecule has 122 valence electrons. The smallest absolute Gasteiger partial charge is 0.335 e. The van der Waals surface area contributed by atoms with Gasteiger partial charge in [-0.2, -0.15) is 0 Å². The van der Waals surface area contributed by atoms with Crippen LogP contribution in [0.15, 0.2) is 29.6 Å². The van der Waals surface area contributed by atoms with Gasteiger partial charge in [0.1, 0.15) is 5.01 Å². The largest absolute Gasteiger partial charge is 0.478 e. The molecule has 1 aromatic carbocycles. The molecule has 6 heteroatoms. The SMILES string of the molecule is CCC(C)(NC(=O)Cc1ccccc1C(=O)O)c1nc(C)cs1. The van der Waals surface area contributed by atoms with E-state index in [9.17, 15) is 14.7 Å². The van der Waals surface area contributed by atoms with Crippen LogP contribution in [0.2, 0.25) is 0 Å². The van der Waals surface area contributed by atoms with Crippen LogP contribution in [-0.4, -0.2) is 22.0 Å². The maximum Gasteiger partial charge on any atom is 0.335 e. The molecule has 0 bridgehead atoms. The van der Waals surface area contributed by atoms with Crippen LogP contribution in [0.3, 0.4) is 0 Å². The maximum absolute atomic E-state index is 12.4. The number of carboxylic acids is 1. The molecule has 0 spiro atoms. The highest BCUT2D eigenvalue weighted by Crippen LogP contribution is 2.27. The van der Waals surface area contributed by atoms with Gasteiger partial charge in [0.2, 0.25) is 5.91 Å². The summed E-state index contributed by atoms with van der Waals surface area (Å²) < 4.78 is 0. The Morgan fingerprint density at radius 2 is 2.04 bits per heavy atom. The number of hydrogen-bond donors (Lipinski definition) is 2. The fourth-order valence-electron chi connectivity index (χ4n) is 2.31. The van der Waals surface area contributed by atoms with E-state index in [1.54, 1.807) is 18.2 Å². The first-order valence-corrected chi connectivity index (χ1v) is 8.28. The summed E-state index contributed by atoms with van der Waals surface area (Å²) in [5.74, 6) is -1.24. The molecule has 1 heterocycles. The molecule has 0 fully saturated rings. The Morgan fingerprint density at radius 1 is 1.35 bits per heavy atom. The lowest BCUT2D eigenvalue weighted by Gasteiger charge is -2.27. The Hall–Kier alpha value is -2.21. The summed E-state index contributed by atoms with van der Waals surface area (Å²) in [6, 6.07) is 6.56. The van der Waals surface area contributed by atoms with Crippen molar-refractivity contribution in [1.82, 2.24) is 10.3 Å². The predicted octanol–water partition coefficient (Wildman–Crippen LogP) is 3.13. The molecule has 1 atom stereocenters. The first-order chi connectivity index (χ1) is 10.9. The number of aryl methyl sites for hydroxylation is 1. The summed E-state index contributed by atoms with van der Waals surface area (Å²) in [6.07, 6.45) is 0.731. The maximum atomic E-state index is 12.4. The minimum absolute atomic E-state index is 0.0302. The summed E-state index contributed by atoms with van der Waals surface area (Å²) in [5.41, 5.74) is 1.04. The van der Waals surface area contributed by atoms with Crippen LogP contribution >= 0.6 is 11.3 Å². The molecule has 0 aliphatic carbocycles. The number of carboxylic acid groups (broad SMARTS) is 1. The van der Waals surface area contributed by atoms with Gasteiger partial charge >= 0.3 is 5.97 Å². The number of nitrogens with one attached hydrogen (secondary N) is 1. The zero-order valence-electron chi connectivity index (χ0n) is 13.4. The molecule has 1 amide bonds. The summed E-state index contributed by atoms with van der Waals surface area (Å²) in [7, 11) is 0. The van der Waals surface area contributed by atoms with Gasteiger partial charge in [-0.1, -0.05) is 25.1 Å². The van der Waals surface area contributed by atoms with Crippen molar-refractivity contribution in [2.45, 2.75) is 39.2 Å². The average Bonchev–Trinajstić information content (AvgIpc) is 2.94. The van der Waals surface area contributed by atoms with Crippen LogP contribution in [-0.2, 0) is 16.8 Å². The van der Waals surface area contributed by atoms with E-state index < -0.39 is 11.5 Å². The van der Waals surface area contributed by atoms with Gasteiger partial charge in [-0.15, -0.1) is 11.3 Å². The highest BCUT2D eigenvalue weighted by molar-refractivity contribution is 7.09. The molecule has 0 aliphatic rings. The number of rotatable bonds is 6. The van der Waals surface area contributed by atoms with Crippen LogP contribution in [0, 0.1) is 6.92 Å². The number of carbonyl (C=O) groups is 2. The van der Waals surface area contributed by atoms with Crippen molar-refractivity contribution in [1.29, 1.82) is 0 Å². The van der Waals surface area contributed by atoms with Gasteiger partial charge in [0.25, 0.3) is 0 Å². The molecule has 2 rings (SSSR count). The molecule has 2 N–H and O–H groups in total. The fraction of sp³-hybridized carbons (Fsp3) is 0.353. The zero-order chi connectivity index (χ0) is 17.0. The van der Waals surface area contributed by atoms with E-state index in [0.29, 0.717) is 12.0 Å². The lowest BCUT2D eigenvalue weighted by atomic mass is 9.98. The average molecular weight is 332 g/mol. The number of aromatic nitrogens is 1. The molecule has 0 radical (unpaired) electrons. The third-order valence-corrected chi connectivity index (χ3v) is 5.04. The topological polar surface area (TPSA) is 79.3 Å². The van der Waals surface area contributed by atoms with Crippen molar-refractivity contribution in [3.05, 3.63) is 51.5 Å². The standard InChI is InChI=1S/C17H20N2O3S/c1-4-17(3,16-18-11(2)10-23-16)19-14(20)9-12-7-5-6-8-13(12)15(21)22/h5-8,10H,4,9H2,1-3H3,(H,19,20)(H,21,22). The third-order valence-electron chi connectivity index (χ3n) is 3.81. The highest BCUT2D eigenvalue weighted by atomic mass is 32.1. The quantitative estimate of drug-likeness (QED) is 0.852. The van der Waals surface area contributed by atoms with Gasteiger partial charge in [-0.3, -0.25) is 4.79 Å². The molecule has 0 aliphatic heterocycles. The number of thiazole rings is 1. The molecule has 1 aromatic heterocycles. The molecule has 0 saturated carbocycles. The summed E-state index contributed by atoms with van der Waals surface area (Å²) in [6.45, 7) is 5.84. The van der Waals surface area contributed by atoms with Crippen molar-refractivity contribution < 1.29 is 14.7 Å². The van der Waals surface area contributed by atoms with Gasteiger partial charge < -0.3 is 10.4 Å². The van der Waals surface area contributed by atoms with Gasteiger partial charge in [-0.25, -0.2) is 9.78 Å². The molecule has 23 heavy (non-hydrogen) atoms. The Balaban J connectivity index is 2.17. The second-order valence-corrected chi connectivity index (χ2v) is 6.53. The van der Waals surface area contributed by atoms with Crippen molar-refractivity contribution >= 4 is 23.2 Å².